The Morgan fingerprint density at radius 2 is 2.25 bits per heavy atom. The summed E-state index contributed by atoms with van der Waals surface area (Å²) in [4.78, 5) is 16.0. The first-order chi connectivity index (χ1) is 7.65. The minimum Gasteiger partial charge on any atom is -0.374 e. The number of piperidine rings is 1. The van der Waals surface area contributed by atoms with Crippen molar-refractivity contribution in [1.82, 2.24) is 9.80 Å². The number of morpholine rings is 1. The fraction of sp³-hybridized carbons (Fsp3) is 0.917. The van der Waals surface area contributed by atoms with Gasteiger partial charge in [-0.3, -0.25) is 9.69 Å². The Kier molecular flexibility index (Phi) is 3.95. The number of carbonyl (C=O) groups excluding carboxylic acids is 1. The second kappa shape index (κ2) is 5.25. The van der Waals surface area contributed by atoms with Gasteiger partial charge >= 0.3 is 0 Å². The SMILES string of the molecule is CC1CC(=O)CCN1CC1CN(C)CCO1. The number of hydrogen-bond acceptors (Lipinski definition) is 4. The molecule has 2 rings (SSSR count). The highest BCUT2D eigenvalue weighted by Crippen LogP contribution is 2.16. The molecule has 0 aromatic carbocycles. The summed E-state index contributed by atoms with van der Waals surface area (Å²) in [7, 11) is 2.14. The smallest absolute Gasteiger partial charge is 0.135 e. The molecule has 2 atom stereocenters. The first-order valence-corrected chi connectivity index (χ1v) is 6.21. The third-order valence-corrected chi connectivity index (χ3v) is 3.60. The van der Waals surface area contributed by atoms with E-state index in [1.165, 1.54) is 0 Å². The van der Waals surface area contributed by atoms with Crippen LogP contribution in [0.4, 0.5) is 0 Å². The minimum atomic E-state index is 0.314. The molecule has 2 aliphatic heterocycles. The lowest BCUT2D eigenvalue weighted by Gasteiger charge is -2.38. The number of hydrogen-bond donors (Lipinski definition) is 0. The van der Waals surface area contributed by atoms with Crippen molar-refractivity contribution in [3.8, 4) is 0 Å². The zero-order chi connectivity index (χ0) is 11.5. The van der Waals surface area contributed by atoms with Gasteiger partial charge in [-0.2, -0.15) is 0 Å². The lowest BCUT2D eigenvalue weighted by Crippen LogP contribution is -2.50. The number of Topliss-reactive ketones (excluding diaryl/α,β-unsaturated/α-hetero) is 1. The zero-order valence-corrected chi connectivity index (χ0v) is 10.3. The summed E-state index contributed by atoms with van der Waals surface area (Å²) >= 11 is 0. The Morgan fingerprint density at radius 1 is 1.44 bits per heavy atom. The summed E-state index contributed by atoms with van der Waals surface area (Å²) < 4.78 is 5.76. The third-order valence-electron chi connectivity index (χ3n) is 3.60. The molecule has 0 amide bonds. The number of ketones is 1. The molecule has 0 spiro atoms. The Bertz CT molecular complexity index is 257. The fourth-order valence-corrected chi connectivity index (χ4v) is 2.56. The number of nitrogens with zero attached hydrogens (tertiary/aromatic N) is 2. The van der Waals surface area contributed by atoms with Crippen LogP contribution in [0.2, 0.25) is 0 Å². The van der Waals surface area contributed by atoms with Crippen molar-refractivity contribution in [3.63, 3.8) is 0 Å². The zero-order valence-electron chi connectivity index (χ0n) is 10.3. The van der Waals surface area contributed by atoms with Gasteiger partial charge in [0.2, 0.25) is 0 Å². The summed E-state index contributed by atoms with van der Waals surface area (Å²) in [5.74, 6) is 0.408. The number of likely N-dealkylation sites (tertiary alicyclic amines) is 1. The predicted octanol–water partition coefficient (Wildman–Crippen LogP) is 0.370. The number of carbonyl (C=O) groups is 1. The highest BCUT2D eigenvalue weighted by Gasteiger charge is 2.27. The monoisotopic (exact) mass is 226 g/mol. The van der Waals surface area contributed by atoms with Crippen LogP contribution in [0, 0.1) is 0 Å². The molecule has 0 radical (unpaired) electrons. The predicted molar refractivity (Wildman–Crippen MR) is 62.5 cm³/mol. The molecule has 0 bridgehead atoms. The highest BCUT2D eigenvalue weighted by molar-refractivity contribution is 5.79. The molecular weight excluding hydrogens is 204 g/mol. The molecule has 92 valence electrons. The second-order valence-corrected chi connectivity index (χ2v) is 5.09. The molecule has 4 heteroatoms. The first-order valence-electron chi connectivity index (χ1n) is 6.21. The van der Waals surface area contributed by atoms with Gasteiger partial charge in [0.1, 0.15) is 5.78 Å². The fourth-order valence-electron chi connectivity index (χ4n) is 2.56. The maximum absolute atomic E-state index is 11.3. The van der Waals surface area contributed by atoms with E-state index < -0.39 is 0 Å². The lowest BCUT2D eigenvalue weighted by atomic mass is 10.0. The van der Waals surface area contributed by atoms with Crippen LogP contribution >= 0.6 is 0 Å². The van der Waals surface area contributed by atoms with Gasteiger partial charge in [-0.1, -0.05) is 0 Å². The van der Waals surface area contributed by atoms with Crippen LogP contribution < -0.4 is 0 Å². The second-order valence-electron chi connectivity index (χ2n) is 5.09. The van der Waals surface area contributed by atoms with Crippen LogP contribution in [-0.4, -0.2) is 67.6 Å². The van der Waals surface area contributed by atoms with E-state index in [9.17, 15) is 4.79 Å². The Hall–Kier alpha value is -0.450. The van der Waals surface area contributed by atoms with Gasteiger partial charge < -0.3 is 9.64 Å². The molecule has 0 aromatic heterocycles. The van der Waals surface area contributed by atoms with Gasteiger partial charge in [0.15, 0.2) is 0 Å². The van der Waals surface area contributed by atoms with E-state index in [0.717, 1.165) is 32.8 Å². The average Bonchev–Trinajstić information content (AvgIpc) is 2.22. The van der Waals surface area contributed by atoms with E-state index in [1.807, 2.05) is 0 Å². The minimum absolute atomic E-state index is 0.314. The Balaban J connectivity index is 1.82. The lowest BCUT2D eigenvalue weighted by molar-refractivity contribution is -0.124. The number of rotatable bonds is 2. The van der Waals surface area contributed by atoms with E-state index in [4.69, 9.17) is 4.74 Å². The summed E-state index contributed by atoms with van der Waals surface area (Å²) in [6.07, 6.45) is 1.74. The van der Waals surface area contributed by atoms with Crippen LogP contribution in [0.25, 0.3) is 0 Å². The summed E-state index contributed by atoms with van der Waals surface area (Å²) in [5, 5.41) is 0. The van der Waals surface area contributed by atoms with Crippen LogP contribution in [0.15, 0.2) is 0 Å². The van der Waals surface area contributed by atoms with Crippen molar-refractivity contribution in [1.29, 1.82) is 0 Å². The van der Waals surface area contributed by atoms with Crippen molar-refractivity contribution in [2.24, 2.45) is 0 Å². The molecule has 0 saturated carbocycles. The molecule has 2 heterocycles. The van der Waals surface area contributed by atoms with Crippen molar-refractivity contribution in [2.45, 2.75) is 31.9 Å². The van der Waals surface area contributed by atoms with Gasteiger partial charge in [0, 0.05) is 45.1 Å². The molecular formula is C12H22N2O2. The number of likely N-dealkylation sites (N-methyl/N-ethyl adjacent to an activating group) is 1. The number of ether oxygens (including phenoxy) is 1. The van der Waals surface area contributed by atoms with E-state index >= 15 is 0 Å². The average molecular weight is 226 g/mol. The standard InChI is InChI=1S/C12H22N2O2/c1-10-7-11(15)3-4-14(10)9-12-8-13(2)5-6-16-12/h10,12H,3-9H2,1-2H3. The van der Waals surface area contributed by atoms with Crippen LogP contribution in [-0.2, 0) is 9.53 Å². The van der Waals surface area contributed by atoms with Gasteiger partial charge in [0.25, 0.3) is 0 Å². The topological polar surface area (TPSA) is 32.8 Å². The van der Waals surface area contributed by atoms with E-state index in [-0.39, 0.29) is 0 Å². The van der Waals surface area contributed by atoms with E-state index in [0.29, 0.717) is 30.8 Å². The third kappa shape index (κ3) is 3.03. The highest BCUT2D eigenvalue weighted by atomic mass is 16.5. The van der Waals surface area contributed by atoms with Crippen LogP contribution in [0.1, 0.15) is 19.8 Å². The normalized spacial score (nSPS) is 34.2. The maximum atomic E-state index is 11.3. The molecule has 0 N–H and O–H groups in total. The van der Waals surface area contributed by atoms with Gasteiger partial charge in [-0.15, -0.1) is 0 Å². The molecule has 2 saturated heterocycles. The first kappa shape index (κ1) is 12.0. The van der Waals surface area contributed by atoms with Gasteiger partial charge in [0.05, 0.1) is 12.7 Å². The largest absolute Gasteiger partial charge is 0.374 e. The molecule has 2 fully saturated rings. The molecule has 0 aliphatic carbocycles. The summed E-state index contributed by atoms with van der Waals surface area (Å²) in [6, 6.07) is 0.386. The van der Waals surface area contributed by atoms with Crippen molar-refractivity contribution in [3.05, 3.63) is 0 Å². The quantitative estimate of drug-likeness (QED) is 0.681. The van der Waals surface area contributed by atoms with Crippen LogP contribution in [0.3, 0.4) is 0 Å². The Morgan fingerprint density at radius 3 is 2.94 bits per heavy atom. The molecule has 4 nitrogen and oxygen atoms in total. The van der Waals surface area contributed by atoms with Crippen molar-refractivity contribution in [2.75, 3.05) is 39.8 Å². The van der Waals surface area contributed by atoms with Crippen LogP contribution in [0.5, 0.6) is 0 Å². The summed E-state index contributed by atoms with van der Waals surface area (Å²) in [6.45, 7) is 6.90. The molecule has 16 heavy (non-hydrogen) atoms. The van der Waals surface area contributed by atoms with Gasteiger partial charge in [-0.25, -0.2) is 0 Å². The van der Waals surface area contributed by atoms with Gasteiger partial charge in [-0.05, 0) is 14.0 Å². The Labute approximate surface area is 97.5 Å². The van der Waals surface area contributed by atoms with E-state index in [2.05, 4.69) is 23.8 Å². The van der Waals surface area contributed by atoms with Crippen molar-refractivity contribution >= 4 is 5.78 Å². The molecule has 2 aliphatic rings. The maximum Gasteiger partial charge on any atom is 0.135 e. The van der Waals surface area contributed by atoms with E-state index in [1.54, 1.807) is 0 Å². The molecule has 2 unspecified atom stereocenters. The molecule has 0 aromatic rings. The van der Waals surface area contributed by atoms with Crippen molar-refractivity contribution < 1.29 is 9.53 Å². The summed E-state index contributed by atoms with van der Waals surface area (Å²) in [5.41, 5.74) is 0.